The van der Waals surface area contributed by atoms with E-state index in [1.807, 2.05) is 0 Å². The lowest BCUT2D eigenvalue weighted by Crippen LogP contribution is -2.04. The van der Waals surface area contributed by atoms with E-state index in [-0.39, 0.29) is 10.6 Å². The summed E-state index contributed by atoms with van der Waals surface area (Å²) in [6, 6.07) is 3.39. The minimum Gasteiger partial charge on any atom is -0.207 e. The SMILES string of the molecule is Fc1cc(F)c(C(Br)c2cc(Cl)c(Br)cc2F)c(F)c1. The van der Waals surface area contributed by atoms with Gasteiger partial charge in [-0.3, -0.25) is 0 Å². The zero-order chi connectivity index (χ0) is 15.0. The average Bonchev–Trinajstić information content (AvgIpc) is 2.32. The lowest BCUT2D eigenvalue weighted by Gasteiger charge is -2.14. The Morgan fingerprint density at radius 2 is 1.45 bits per heavy atom. The average molecular weight is 432 g/mol. The van der Waals surface area contributed by atoms with Crippen LogP contribution in [0.2, 0.25) is 5.02 Å². The van der Waals surface area contributed by atoms with E-state index in [1.54, 1.807) is 0 Å². The van der Waals surface area contributed by atoms with Crippen molar-refractivity contribution in [3.05, 3.63) is 68.2 Å². The van der Waals surface area contributed by atoms with E-state index in [2.05, 4.69) is 31.9 Å². The first-order valence-electron chi connectivity index (χ1n) is 5.24. The first-order chi connectivity index (χ1) is 9.31. The first-order valence-corrected chi connectivity index (χ1v) is 7.33. The summed E-state index contributed by atoms with van der Waals surface area (Å²) in [7, 11) is 0. The molecule has 2 aromatic carbocycles. The molecule has 0 N–H and O–H groups in total. The van der Waals surface area contributed by atoms with Crippen molar-refractivity contribution in [3.63, 3.8) is 0 Å². The highest BCUT2D eigenvalue weighted by molar-refractivity contribution is 9.10. The molecule has 0 bridgehead atoms. The minimum absolute atomic E-state index is 0.0531. The highest BCUT2D eigenvalue weighted by atomic mass is 79.9. The van der Waals surface area contributed by atoms with Gasteiger partial charge in [0.25, 0.3) is 0 Å². The van der Waals surface area contributed by atoms with Crippen molar-refractivity contribution in [2.45, 2.75) is 4.83 Å². The summed E-state index contributed by atoms with van der Waals surface area (Å²) in [6.07, 6.45) is 0. The summed E-state index contributed by atoms with van der Waals surface area (Å²) in [5.41, 5.74) is -0.536. The summed E-state index contributed by atoms with van der Waals surface area (Å²) in [6.45, 7) is 0. The molecule has 0 nitrogen and oxygen atoms in total. The zero-order valence-corrected chi connectivity index (χ0v) is 13.5. The second-order valence-electron chi connectivity index (χ2n) is 3.93. The van der Waals surface area contributed by atoms with Gasteiger partial charge in [0.15, 0.2) is 0 Å². The van der Waals surface area contributed by atoms with Gasteiger partial charge in [-0.25, -0.2) is 17.6 Å². The van der Waals surface area contributed by atoms with Crippen molar-refractivity contribution in [2.75, 3.05) is 0 Å². The van der Waals surface area contributed by atoms with Gasteiger partial charge in [-0.15, -0.1) is 0 Å². The molecule has 1 unspecified atom stereocenters. The van der Waals surface area contributed by atoms with E-state index >= 15 is 0 Å². The van der Waals surface area contributed by atoms with Crippen molar-refractivity contribution in [1.29, 1.82) is 0 Å². The number of hydrogen-bond donors (Lipinski definition) is 0. The normalized spacial score (nSPS) is 12.6. The Morgan fingerprint density at radius 1 is 0.900 bits per heavy atom. The molecule has 0 radical (unpaired) electrons. The largest absolute Gasteiger partial charge is 0.207 e. The molecule has 0 saturated carbocycles. The van der Waals surface area contributed by atoms with Crippen molar-refractivity contribution in [3.8, 4) is 0 Å². The lowest BCUT2D eigenvalue weighted by atomic mass is 10.0. The summed E-state index contributed by atoms with van der Waals surface area (Å²) < 4.78 is 54.4. The van der Waals surface area contributed by atoms with E-state index < -0.39 is 33.7 Å². The molecule has 0 fully saturated rings. The molecule has 0 saturated heterocycles. The molecule has 0 aliphatic heterocycles. The molecule has 2 rings (SSSR count). The third-order valence-electron chi connectivity index (χ3n) is 2.61. The van der Waals surface area contributed by atoms with Crippen LogP contribution >= 0.6 is 43.5 Å². The number of alkyl halides is 1. The van der Waals surface area contributed by atoms with Gasteiger partial charge in [-0.2, -0.15) is 0 Å². The Labute approximate surface area is 134 Å². The Kier molecular flexibility index (Phi) is 4.76. The number of hydrogen-bond acceptors (Lipinski definition) is 0. The molecule has 0 aliphatic carbocycles. The molecule has 106 valence electrons. The smallest absolute Gasteiger partial charge is 0.133 e. The fourth-order valence-corrected chi connectivity index (χ4v) is 2.96. The maximum absolute atomic E-state index is 13.9. The summed E-state index contributed by atoms with van der Waals surface area (Å²) in [4.78, 5) is -1.13. The van der Waals surface area contributed by atoms with E-state index in [9.17, 15) is 17.6 Å². The molecular formula is C13H5Br2ClF4. The maximum atomic E-state index is 13.9. The van der Waals surface area contributed by atoms with Gasteiger partial charge in [0.2, 0.25) is 0 Å². The third kappa shape index (κ3) is 3.02. The number of rotatable bonds is 2. The second-order valence-corrected chi connectivity index (χ2v) is 6.11. The van der Waals surface area contributed by atoms with Crippen LogP contribution in [0, 0.1) is 23.3 Å². The molecule has 0 aromatic heterocycles. The van der Waals surface area contributed by atoms with Crippen LogP contribution < -0.4 is 0 Å². The third-order valence-corrected chi connectivity index (χ3v) is 4.76. The topological polar surface area (TPSA) is 0 Å². The highest BCUT2D eigenvalue weighted by Gasteiger charge is 2.24. The van der Waals surface area contributed by atoms with E-state index in [4.69, 9.17) is 11.6 Å². The fourth-order valence-electron chi connectivity index (χ4n) is 1.68. The van der Waals surface area contributed by atoms with Crippen LogP contribution in [0.4, 0.5) is 17.6 Å². The standard InChI is InChI=1S/C13H5Br2ClF4/c14-7-4-9(18)6(3-8(7)16)13(15)12-10(19)1-5(17)2-11(12)20/h1-4,13H. The van der Waals surface area contributed by atoms with Crippen LogP contribution in [-0.2, 0) is 0 Å². The van der Waals surface area contributed by atoms with E-state index in [0.29, 0.717) is 16.6 Å². The Balaban J connectivity index is 2.57. The van der Waals surface area contributed by atoms with Gasteiger partial charge >= 0.3 is 0 Å². The molecular weight excluding hydrogens is 427 g/mol. The van der Waals surface area contributed by atoms with Gasteiger partial charge in [0.05, 0.1) is 9.85 Å². The van der Waals surface area contributed by atoms with Crippen molar-refractivity contribution in [1.82, 2.24) is 0 Å². The van der Waals surface area contributed by atoms with Gasteiger partial charge in [0, 0.05) is 27.7 Å². The van der Waals surface area contributed by atoms with Crippen molar-refractivity contribution in [2.24, 2.45) is 0 Å². The van der Waals surface area contributed by atoms with Crippen molar-refractivity contribution < 1.29 is 17.6 Å². The predicted octanol–water partition coefficient (Wildman–Crippen LogP) is 6.14. The quantitative estimate of drug-likeness (QED) is 0.304. The van der Waals surface area contributed by atoms with Crippen LogP contribution in [0.3, 0.4) is 0 Å². The van der Waals surface area contributed by atoms with Crippen LogP contribution in [0.5, 0.6) is 0 Å². The van der Waals surface area contributed by atoms with Crippen LogP contribution in [0.1, 0.15) is 16.0 Å². The second kappa shape index (κ2) is 6.03. The van der Waals surface area contributed by atoms with Gasteiger partial charge in [-0.05, 0) is 28.1 Å². The molecule has 0 heterocycles. The molecule has 1 atom stereocenters. The van der Waals surface area contributed by atoms with Crippen LogP contribution in [-0.4, -0.2) is 0 Å². The van der Waals surface area contributed by atoms with Gasteiger partial charge < -0.3 is 0 Å². The first kappa shape index (κ1) is 15.8. The van der Waals surface area contributed by atoms with Gasteiger partial charge in [-0.1, -0.05) is 27.5 Å². The minimum atomic E-state index is -1.13. The number of halogens is 7. The molecule has 0 amide bonds. The monoisotopic (exact) mass is 430 g/mol. The molecule has 2 aromatic rings. The molecule has 0 spiro atoms. The maximum Gasteiger partial charge on any atom is 0.133 e. The molecule has 7 heteroatoms. The summed E-state index contributed by atoms with van der Waals surface area (Å²) >= 11 is 11.9. The highest BCUT2D eigenvalue weighted by Crippen LogP contribution is 2.38. The van der Waals surface area contributed by atoms with E-state index in [0.717, 1.165) is 6.07 Å². The Hall–Kier alpha value is -0.590. The number of benzene rings is 2. The Morgan fingerprint density at radius 3 is 2.00 bits per heavy atom. The summed E-state index contributed by atoms with van der Waals surface area (Å²) in [5.74, 6) is -3.96. The molecule has 0 aliphatic rings. The van der Waals surface area contributed by atoms with Crippen molar-refractivity contribution >= 4 is 43.5 Å². The summed E-state index contributed by atoms with van der Waals surface area (Å²) in [5, 5.41) is 0.189. The van der Waals surface area contributed by atoms with Gasteiger partial charge in [0.1, 0.15) is 23.3 Å². The fraction of sp³-hybridized carbons (Fsp3) is 0.0769. The zero-order valence-electron chi connectivity index (χ0n) is 9.53. The van der Waals surface area contributed by atoms with Crippen LogP contribution in [0.15, 0.2) is 28.7 Å². The predicted molar refractivity (Wildman–Crippen MR) is 76.2 cm³/mol. The lowest BCUT2D eigenvalue weighted by molar-refractivity contribution is 0.525. The van der Waals surface area contributed by atoms with Crippen LogP contribution in [0.25, 0.3) is 0 Å². The molecule has 20 heavy (non-hydrogen) atoms. The Bertz CT molecular complexity index is 653. The van der Waals surface area contributed by atoms with E-state index in [1.165, 1.54) is 6.07 Å².